The van der Waals surface area contributed by atoms with Gasteiger partial charge in [0.1, 0.15) is 0 Å². The minimum absolute atomic E-state index is 0.0452. The Hall–Kier alpha value is -3.00. The topological polar surface area (TPSA) is 88.7 Å². The van der Waals surface area contributed by atoms with Crippen LogP contribution in [-0.4, -0.2) is 32.9 Å². The van der Waals surface area contributed by atoms with Crippen LogP contribution in [0.5, 0.6) is 0 Å². The molecule has 1 aliphatic rings. The van der Waals surface area contributed by atoms with Crippen LogP contribution in [0, 0.1) is 10.1 Å². The van der Waals surface area contributed by atoms with Crippen LogP contribution in [0.1, 0.15) is 5.56 Å². The predicted molar refractivity (Wildman–Crippen MR) is 92.8 cm³/mol. The van der Waals surface area contributed by atoms with Gasteiger partial charge in [0.25, 0.3) is 11.6 Å². The van der Waals surface area contributed by atoms with Gasteiger partial charge >= 0.3 is 0 Å². The molecule has 1 amide bonds. The van der Waals surface area contributed by atoms with E-state index in [0.29, 0.717) is 21.5 Å². The van der Waals surface area contributed by atoms with Crippen molar-refractivity contribution >= 4 is 40.4 Å². The van der Waals surface area contributed by atoms with E-state index in [4.69, 9.17) is 0 Å². The minimum atomic E-state index is -0.469. The van der Waals surface area contributed by atoms with Crippen LogP contribution in [0.2, 0.25) is 0 Å². The number of pyridine rings is 1. The molecule has 0 unspecified atom stereocenters. The Labute approximate surface area is 141 Å². The molecular formula is C16H12N4O3S. The second kappa shape index (κ2) is 6.63. The zero-order valence-electron chi connectivity index (χ0n) is 12.6. The first kappa shape index (κ1) is 15.9. The normalized spacial score (nSPS) is 17.7. The van der Waals surface area contributed by atoms with E-state index in [0.717, 1.165) is 11.8 Å². The summed E-state index contributed by atoms with van der Waals surface area (Å²) in [6.07, 6.45) is 3.13. The molecule has 1 fully saturated rings. The third-order valence-corrected chi connectivity index (χ3v) is 4.34. The molecule has 8 heteroatoms. The number of nitro benzene ring substituents is 1. The lowest BCUT2D eigenvalue weighted by molar-refractivity contribution is -0.385. The number of amidine groups is 1. The van der Waals surface area contributed by atoms with Crippen LogP contribution in [0.25, 0.3) is 6.08 Å². The van der Waals surface area contributed by atoms with Crippen molar-refractivity contribution in [2.24, 2.45) is 4.99 Å². The fourth-order valence-corrected chi connectivity index (χ4v) is 3.05. The summed E-state index contributed by atoms with van der Waals surface area (Å²) in [5, 5.41) is 11.6. The average molecular weight is 340 g/mol. The van der Waals surface area contributed by atoms with Crippen molar-refractivity contribution in [3.05, 3.63) is 69.2 Å². The first-order valence-electron chi connectivity index (χ1n) is 6.97. The number of hydrogen-bond acceptors (Lipinski definition) is 6. The smallest absolute Gasteiger partial charge is 0.276 e. The van der Waals surface area contributed by atoms with Gasteiger partial charge in [-0.2, -0.15) is 0 Å². The molecule has 7 nitrogen and oxygen atoms in total. The molecule has 3 rings (SSSR count). The van der Waals surface area contributed by atoms with Gasteiger partial charge in [-0.15, -0.1) is 0 Å². The molecule has 0 saturated carbocycles. The van der Waals surface area contributed by atoms with E-state index in [1.165, 1.54) is 17.0 Å². The molecule has 1 aromatic heterocycles. The van der Waals surface area contributed by atoms with Crippen LogP contribution < -0.4 is 0 Å². The van der Waals surface area contributed by atoms with Gasteiger partial charge in [-0.05, 0) is 36.0 Å². The van der Waals surface area contributed by atoms with Gasteiger partial charge in [0.2, 0.25) is 0 Å². The standard InChI is InChI=1S/C16H12N4O3S/c1-19-15(21)13(10-11-6-2-3-7-12(11)20(22)23)24-16(19)18-14-8-4-5-9-17-14/h2-10H,1H3/b13-10-,18-16+. The number of amides is 1. The Morgan fingerprint density at radius 1 is 1.25 bits per heavy atom. The molecule has 1 aliphatic heterocycles. The number of likely N-dealkylation sites (N-methyl/N-ethyl adjacent to an activating group) is 1. The van der Waals surface area contributed by atoms with E-state index in [2.05, 4.69) is 9.98 Å². The maximum atomic E-state index is 12.4. The number of benzene rings is 1. The van der Waals surface area contributed by atoms with Gasteiger partial charge in [0.15, 0.2) is 11.0 Å². The van der Waals surface area contributed by atoms with Gasteiger partial charge in [0.05, 0.1) is 15.4 Å². The van der Waals surface area contributed by atoms with Crippen molar-refractivity contribution < 1.29 is 9.72 Å². The molecule has 24 heavy (non-hydrogen) atoms. The summed E-state index contributed by atoms with van der Waals surface area (Å²) in [6, 6.07) is 11.6. The van der Waals surface area contributed by atoms with Crippen molar-refractivity contribution in [3.8, 4) is 0 Å². The van der Waals surface area contributed by atoms with E-state index in [1.54, 1.807) is 49.6 Å². The molecule has 0 spiro atoms. The van der Waals surface area contributed by atoms with Crippen LogP contribution in [0.3, 0.4) is 0 Å². The zero-order chi connectivity index (χ0) is 17.1. The molecule has 0 aliphatic carbocycles. The average Bonchev–Trinajstić information content (AvgIpc) is 2.84. The first-order chi connectivity index (χ1) is 11.6. The van der Waals surface area contributed by atoms with Crippen molar-refractivity contribution in [2.45, 2.75) is 0 Å². The van der Waals surface area contributed by atoms with Gasteiger partial charge in [-0.1, -0.05) is 18.2 Å². The number of aliphatic imine (C=N–C) groups is 1. The first-order valence-corrected chi connectivity index (χ1v) is 7.78. The Kier molecular flexibility index (Phi) is 4.39. The van der Waals surface area contributed by atoms with Crippen LogP contribution in [0.4, 0.5) is 11.5 Å². The van der Waals surface area contributed by atoms with Gasteiger partial charge in [-0.3, -0.25) is 19.8 Å². The van der Waals surface area contributed by atoms with E-state index < -0.39 is 4.92 Å². The lowest BCUT2D eigenvalue weighted by atomic mass is 10.1. The van der Waals surface area contributed by atoms with Crippen molar-refractivity contribution in [1.82, 2.24) is 9.88 Å². The molecule has 0 atom stereocenters. The van der Waals surface area contributed by atoms with E-state index in [9.17, 15) is 14.9 Å². The Balaban J connectivity index is 1.95. The summed E-state index contributed by atoms with van der Waals surface area (Å²) in [5.74, 6) is 0.236. The summed E-state index contributed by atoms with van der Waals surface area (Å²) in [6.45, 7) is 0. The molecule has 0 bridgehead atoms. The monoisotopic (exact) mass is 340 g/mol. The van der Waals surface area contributed by atoms with Crippen molar-refractivity contribution in [2.75, 3.05) is 7.05 Å². The van der Waals surface area contributed by atoms with E-state index in [-0.39, 0.29) is 11.6 Å². The molecule has 1 saturated heterocycles. The number of carbonyl (C=O) groups is 1. The molecule has 1 aromatic carbocycles. The maximum absolute atomic E-state index is 12.4. The molecule has 0 radical (unpaired) electrons. The van der Waals surface area contributed by atoms with Crippen LogP contribution in [0.15, 0.2) is 58.6 Å². The Morgan fingerprint density at radius 3 is 2.71 bits per heavy atom. The highest BCUT2D eigenvalue weighted by atomic mass is 32.2. The number of hydrogen-bond donors (Lipinski definition) is 0. The minimum Gasteiger partial charge on any atom is -0.289 e. The lowest BCUT2D eigenvalue weighted by Gasteiger charge is -2.06. The summed E-state index contributed by atoms with van der Waals surface area (Å²) in [5.41, 5.74) is 0.335. The molecule has 120 valence electrons. The van der Waals surface area contributed by atoms with Gasteiger partial charge < -0.3 is 0 Å². The molecule has 2 heterocycles. The number of para-hydroxylation sites is 1. The highest BCUT2D eigenvalue weighted by Crippen LogP contribution is 2.34. The molecule has 0 N–H and O–H groups in total. The number of nitrogens with zero attached hydrogens (tertiary/aromatic N) is 4. The largest absolute Gasteiger partial charge is 0.289 e. The number of rotatable bonds is 3. The summed E-state index contributed by atoms with van der Waals surface area (Å²) >= 11 is 1.16. The van der Waals surface area contributed by atoms with Crippen LogP contribution >= 0.6 is 11.8 Å². The number of carbonyl (C=O) groups excluding carboxylic acids is 1. The summed E-state index contributed by atoms with van der Waals surface area (Å²) < 4.78 is 0. The summed E-state index contributed by atoms with van der Waals surface area (Å²) in [4.78, 5) is 33.2. The van der Waals surface area contributed by atoms with Gasteiger partial charge in [-0.25, -0.2) is 9.98 Å². The highest BCUT2D eigenvalue weighted by molar-refractivity contribution is 8.18. The maximum Gasteiger partial charge on any atom is 0.276 e. The highest BCUT2D eigenvalue weighted by Gasteiger charge is 2.31. The fraction of sp³-hybridized carbons (Fsp3) is 0.0625. The summed E-state index contributed by atoms with van der Waals surface area (Å²) in [7, 11) is 1.61. The third-order valence-electron chi connectivity index (χ3n) is 3.28. The lowest BCUT2D eigenvalue weighted by Crippen LogP contribution is -2.23. The van der Waals surface area contributed by atoms with Crippen LogP contribution in [-0.2, 0) is 4.79 Å². The van der Waals surface area contributed by atoms with Crippen molar-refractivity contribution in [1.29, 1.82) is 0 Å². The Morgan fingerprint density at radius 2 is 2.00 bits per heavy atom. The van der Waals surface area contributed by atoms with E-state index >= 15 is 0 Å². The Bertz CT molecular complexity index is 865. The predicted octanol–water partition coefficient (Wildman–Crippen LogP) is 3.22. The third kappa shape index (κ3) is 3.18. The second-order valence-electron chi connectivity index (χ2n) is 4.87. The second-order valence-corrected chi connectivity index (χ2v) is 5.88. The number of aromatic nitrogens is 1. The van der Waals surface area contributed by atoms with Gasteiger partial charge in [0, 0.05) is 19.3 Å². The number of nitro groups is 1. The fourth-order valence-electron chi connectivity index (χ4n) is 2.09. The number of thioether (sulfide) groups is 1. The molecule has 2 aromatic rings. The van der Waals surface area contributed by atoms with Crippen molar-refractivity contribution in [3.63, 3.8) is 0 Å². The molecular weight excluding hydrogens is 328 g/mol. The SMILES string of the molecule is CN1C(=O)/C(=C/c2ccccc2[N+](=O)[O-])S/C1=N/c1ccccn1. The van der Waals surface area contributed by atoms with E-state index in [1.807, 2.05) is 0 Å². The zero-order valence-corrected chi connectivity index (χ0v) is 13.4. The quantitative estimate of drug-likeness (QED) is 0.486.